The molecule has 0 fully saturated rings. The number of hydrogen-bond acceptors (Lipinski definition) is 4. The number of hydrogen-bond donors (Lipinski definition) is 2. The van der Waals surface area contributed by atoms with E-state index in [-0.39, 0.29) is 25.8 Å². The van der Waals surface area contributed by atoms with E-state index < -0.39 is 23.0 Å². The summed E-state index contributed by atoms with van der Waals surface area (Å²) in [7, 11) is 0. The van der Waals surface area contributed by atoms with Gasteiger partial charge in [0.15, 0.2) is 17.0 Å². The third-order valence-corrected chi connectivity index (χ3v) is 8.55. The molecular weight excluding hydrogens is 558 g/mol. The summed E-state index contributed by atoms with van der Waals surface area (Å²) < 4.78 is 0. The van der Waals surface area contributed by atoms with E-state index in [1.54, 1.807) is 0 Å². The number of carboxylic acids is 1. The lowest BCUT2D eigenvalue weighted by Crippen LogP contribution is -2.47. The average Bonchev–Trinajstić information content (AvgIpc) is 3.03. The largest absolute Gasteiger partial charge is 0.480 e. The van der Waals surface area contributed by atoms with Gasteiger partial charge in [0.2, 0.25) is 0 Å². The molecule has 0 unspecified atom stereocenters. The van der Waals surface area contributed by atoms with Gasteiger partial charge in [-0.25, -0.2) is 0 Å². The van der Waals surface area contributed by atoms with E-state index in [4.69, 9.17) is 5.73 Å². The maximum absolute atomic E-state index is 13.1. The van der Waals surface area contributed by atoms with Gasteiger partial charge in [-0.15, -0.1) is 0 Å². The number of ketones is 2. The van der Waals surface area contributed by atoms with Gasteiger partial charge in [0.25, 0.3) is 0 Å². The van der Waals surface area contributed by atoms with Crippen LogP contribution in [0, 0.1) is 5.41 Å². The molecule has 0 saturated carbocycles. The molecule has 0 rings (SSSR count). The Bertz CT molecular complexity index is 796. The van der Waals surface area contributed by atoms with Crippen LogP contribution in [0.25, 0.3) is 0 Å². The van der Waals surface area contributed by atoms with Crippen molar-refractivity contribution in [3.05, 3.63) is 48.6 Å². The highest BCUT2D eigenvalue weighted by Gasteiger charge is 2.50. The van der Waals surface area contributed by atoms with E-state index in [0.29, 0.717) is 12.8 Å². The van der Waals surface area contributed by atoms with Crippen molar-refractivity contribution in [1.29, 1.82) is 0 Å². The molecule has 0 saturated heterocycles. The summed E-state index contributed by atoms with van der Waals surface area (Å²) in [6, 6.07) is 0. The summed E-state index contributed by atoms with van der Waals surface area (Å²) in [6.07, 6.45) is 41.7. The number of nitrogens with two attached hydrogens (primary N) is 1. The van der Waals surface area contributed by atoms with Crippen molar-refractivity contribution in [1.82, 2.24) is 0 Å². The van der Waals surface area contributed by atoms with Gasteiger partial charge in [0.1, 0.15) is 0 Å². The van der Waals surface area contributed by atoms with Gasteiger partial charge < -0.3 is 10.8 Å². The number of allylic oxidation sites excluding steroid dienone is 8. The third kappa shape index (κ3) is 22.8. The highest BCUT2D eigenvalue weighted by atomic mass is 16.4. The Labute approximate surface area is 277 Å². The number of rotatable bonds is 33. The van der Waals surface area contributed by atoms with Gasteiger partial charge in [0.05, 0.1) is 0 Å². The molecule has 258 valence electrons. The molecule has 0 aliphatic carbocycles. The SMILES string of the molecule is CCCCC/C=C\C/C=C\CCCCCCCC(=O)C(CCN)(C(=O)O)C(=O)CCCCCCC/C=C\C/C=C\CCCCC. The van der Waals surface area contributed by atoms with Crippen molar-refractivity contribution in [3.63, 3.8) is 0 Å². The molecule has 0 aromatic heterocycles. The zero-order valence-corrected chi connectivity index (χ0v) is 29.3. The van der Waals surface area contributed by atoms with Crippen molar-refractivity contribution in [2.75, 3.05) is 6.54 Å². The van der Waals surface area contributed by atoms with Crippen molar-refractivity contribution in [2.24, 2.45) is 11.1 Å². The fourth-order valence-corrected chi connectivity index (χ4v) is 5.62. The maximum Gasteiger partial charge on any atom is 0.324 e. The fraction of sp³-hybridized carbons (Fsp3) is 0.725. The summed E-state index contributed by atoms with van der Waals surface area (Å²) in [4.78, 5) is 38.6. The highest BCUT2D eigenvalue weighted by molar-refractivity contribution is 6.21. The smallest absolute Gasteiger partial charge is 0.324 e. The molecule has 0 aromatic carbocycles. The van der Waals surface area contributed by atoms with Crippen LogP contribution in [-0.4, -0.2) is 29.2 Å². The van der Waals surface area contributed by atoms with Crippen LogP contribution in [0.3, 0.4) is 0 Å². The Balaban J connectivity index is 4.23. The van der Waals surface area contributed by atoms with Crippen LogP contribution in [0.5, 0.6) is 0 Å². The second kappa shape index (κ2) is 31.7. The minimum atomic E-state index is -1.97. The van der Waals surface area contributed by atoms with Crippen LogP contribution < -0.4 is 5.73 Å². The van der Waals surface area contributed by atoms with Crippen LogP contribution in [0.1, 0.15) is 174 Å². The van der Waals surface area contributed by atoms with Crippen LogP contribution in [0.15, 0.2) is 48.6 Å². The zero-order valence-electron chi connectivity index (χ0n) is 29.3. The average molecular weight is 628 g/mol. The lowest BCUT2D eigenvalue weighted by Gasteiger charge is -2.26. The van der Waals surface area contributed by atoms with Crippen LogP contribution in [0.2, 0.25) is 0 Å². The Kier molecular flexibility index (Phi) is 30.1. The highest BCUT2D eigenvalue weighted by Crippen LogP contribution is 2.30. The molecule has 0 heterocycles. The third-order valence-electron chi connectivity index (χ3n) is 8.55. The van der Waals surface area contributed by atoms with E-state index in [1.165, 1.54) is 51.4 Å². The van der Waals surface area contributed by atoms with Crippen LogP contribution in [0.4, 0.5) is 0 Å². The van der Waals surface area contributed by atoms with E-state index in [2.05, 4.69) is 62.5 Å². The molecule has 3 N–H and O–H groups in total. The second-order valence-corrected chi connectivity index (χ2v) is 12.6. The Morgan fingerprint density at radius 3 is 1.18 bits per heavy atom. The molecule has 45 heavy (non-hydrogen) atoms. The second-order valence-electron chi connectivity index (χ2n) is 12.6. The molecule has 0 atom stereocenters. The number of carbonyl (C=O) groups excluding carboxylic acids is 2. The molecule has 0 radical (unpaired) electrons. The molecule has 0 bridgehead atoms. The summed E-state index contributed by atoms with van der Waals surface area (Å²) >= 11 is 0. The lowest BCUT2D eigenvalue weighted by molar-refractivity contribution is -0.160. The van der Waals surface area contributed by atoms with Crippen LogP contribution >= 0.6 is 0 Å². The first-order chi connectivity index (χ1) is 22.0. The Morgan fingerprint density at radius 2 is 0.844 bits per heavy atom. The molecule has 0 spiro atoms. The molecule has 0 aromatic rings. The molecular formula is C40H69NO4. The topological polar surface area (TPSA) is 97.5 Å². The summed E-state index contributed by atoms with van der Waals surface area (Å²) in [5.74, 6) is -2.24. The molecule has 5 heteroatoms. The number of carbonyl (C=O) groups is 3. The van der Waals surface area contributed by atoms with Gasteiger partial charge in [0, 0.05) is 12.8 Å². The predicted molar refractivity (Wildman–Crippen MR) is 192 cm³/mol. The Morgan fingerprint density at radius 1 is 0.511 bits per heavy atom. The quantitative estimate of drug-likeness (QED) is 0.0428. The molecule has 0 aliphatic rings. The van der Waals surface area contributed by atoms with Crippen molar-refractivity contribution >= 4 is 17.5 Å². The zero-order chi connectivity index (χ0) is 33.3. The number of unbranched alkanes of at least 4 members (excludes halogenated alkanes) is 16. The lowest BCUT2D eigenvalue weighted by atomic mass is 9.73. The maximum atomic E-state index is 13.1. The van der Waals surface area contributed by atoms with E-state index in [1.807, 2.05) is 0 Å². The number of Topliss-reactive ketones (excluding diaryl/α,β-unsaturated/α-hetero) is 2. The minimum absolute atomic E-state index is 0.00805. The summed E-state index contributed by atoms with van der Waals surface area (Å²) in [5, 5.41) is 10.0. The number of carboxylic acid groups (broad SMARTS) is 1. The first-order valence-corrected chi connectivity index (χ1v) is 18.6. The van der Waals surface area contributed by atoms with Gasteiger partial charge in [-0.1, -0.05) is 127 Å². The number of aliphatic carboxylic acids is 1. The van der Waals surface area contributed by atoms with E-state index in [9.17, 15) is 19.5 Å². The standard InChI is InChI=1S/C40H69NO4/c1-3-5-7-9-11-13-15-17-19-21-23-25-27-29-31-33-37(42)40(35-36-41,39(44)45)38(43)34-32-30-28-26-24-22-20-18-16-14-12-10-8-6-4-2/h11-14,17-20H,3-10,15-16,21-36,41H2,1-2H3,(H,44,45)/b13-11-,14-12-,19-17-,20-18-. The van der Waals surface area contributed by atoms with Crippen molar-refractivity contribution in [2.45, 2.75) is 174 Å². The first kappa shape index (κ1) is 42.7. The molecule has 0 amide bonds. The van der Waals surface area contributed by atoms with Crippen molar-refractivity contribution in [3.8, 4) is 0 Å². The molecule has 0 aliphatic heterocycles. The predicted octanol–water partition coefficient (Wildman–Crippen LogP) is 11.2. The summed E-state index contributed by atoms with van der Waals surface area (Å²) in [6.45, 7) is 4.46. The monoisotopic (exact) mass is 628 g/mol. The van der Waals surface area contributed by atoms with Crippen molar-refractivity contribution < 1.29 is 19.5 Å². The van der Waals surface area contributed by atoms with Gasteiger partial charge >= 0.3 is 5.97 Å². The Hall–Kier alpha value is -2.27. The normalized spacial score (nSPS) is 12.4. The van der Waals surface area contributed by atoms with Gasteiger partial charge in [-0.2, -0.15) is 0 Å². The van der Waals surface area contributed by atoms with E-state index in [0.717, 1.165) is 77.0 Å². The minimum Gasteiger partial charge on any atom is -0.480 e. The van der Waals surface area contributed by atoms with E-state index >= 15 is 0 Å². The summed E-state index contributed by atoms with van der Waals surface area (Å²) in [5.41, 5.74) is 3.74. The fourth-order valence-electron chi connectivity index (χ4n) is 5.62. The molecule has 5 nitrogen and oxygen atoms in total. The van der Waals surface area contributed by atoms with Crippen LogP contribution in [-0.2, 0) is 14.4 Å². The van der Waals surface area contributed by atoms with Gasteiger partial charge in [-0.3, -0.25) is 14.4 Å². The first-order valence-electron chi connectivity index (χ1n) is 18.6. The van der Waals surface area contributed by atoms with Gasteiger partial charge in [-0.05, 0) is 90.0 Å².